The monoisotopic (exact) mass is 278 g/mol. The highest BCUT2D eigenvalue weighted by molar-refractivity contribution is 5.60. The van der Waals surface area contributed by atoms with Gasteiger partial charge in [0, 0.05) is 11.6 Å². The van der Waals surface area contributed by atoms with Crippen molar-refractivity contribution < 1.29 is 19.1 Å². The number of aromatic nitrogens is 2. The number of aliphatic hydroxyl groups is 1. The maximum Gasteiger partial charge on any atom is 0.229 e. The smallest absolute Gasteiger partial charge is 0.229 e. The molecule has 6 nitrogen and oxygen atoms in total. The molecule has 0 spiro atoms. The van der Waals surface area contributed by atoms with Crippen molar-refractivity contribution in [1.29, 1.82) is 0 Å². The number of hydrogen-bond donors (Lipinski definition) is 1. The molecule has 1 N–H and O–H groups in total. The van der Waals surface area contributed by atoms with Crippen molar-refractivity contribution in [2.24, 2.45) is 0 Å². The lowest BCUT2D eigenvalue weighted by molar-refractivity contribution is 0.158. The first kappa shape index (κ1) is 14.3. The van der Waals surface area contributed by atoms with Gasteiger partial charge >= 0.3 is 0 Å². The Bertz CT molecular complexity index is 546. The van der Waals surface area contributed by atoms with E-state index in [1.165, 1.54) is 0 Å². The molecule has 20 heavy (non-hydrogen) atoms. The molecule has 0 aliphatic heterocycles. The maximum atomic E-state index is 9.59. The van der Waals surface area contributed by atoms with E-state index < -0.39 is 6.10 Å². The molecular weight excluding hydrogens is 260 g/mol. The Hall–Kier alpha value is -2.08. The third-order valence-corrected chi connectivity index (χ3v) is 2.96. The standard InChI is InChI=1S/C14H18N2O4/c1-4-10(17)7-13-15-14(16-20-13)9-5-11(18-2)8-12(6-9)19-3/h5-6,8,10,17H,4,7H2,1-3H3. The van der Waals surface area contributed by atoms with Crippen LogP contribution in [0.15, 0.2) is 22.7 Å². The third-order valence-electron chi connectivity index (χ3n) is 2.96. The number of nitrogens with zero attached hydrogens (tertiary/aromatic N) is 2. The molecule has 1 aromatic carbocycles. The van der Waals surface area contributed by atoms with E-state index in [9.17, 15) is 5.11 Å². The first-order chi connectivity index (χ1) is 9.66. The van der Waals surface area contributed by atoms with Crippen LogP contribution in [-0.4, -0.2) is 35.6 Å². The van der Waals surface area contributed by atoms with E-state index >= 15 is 0 Å². The number of aliphatic hydroxyl groups excluding tert-OH is 1. The van der Waals surface area contributed by atoms with Crippen molar-refractivity contribution in [2.45, 2.75) is 25.9 Å². The van der Waals surface area contributed by atoms with E-state index in [2.05, 4.69) is 10.1 Å². The number of benzene rings is 1. The number of ether oxygens (including phenoxy) is 2. The van der Waals surface area contributed by atoms with Gasteiger partial charge in [-0.3, -0.25) is 0 Å². The van der Waals surface area contributed by atoms with Crippen LogP contribution in [0.25, 0.3) is 11.4 Å². The highest BCUT2D eigenvalue weighted by Crippen LogP contribution is 2.28. The number of rotatable bonds is 6. The predicted octanol–water partition coefficient (Wildman–Crippen LogP) is 2.07. The predicted molar refractivity (Wildman–Crippen MR) is 72.8 cm³/mol. The molecular formula is C14H18N2O4. The third kappa shape index (κ3) is 3.27. The van der Waals surface area contributed by atoms with E-state index in [-0.39, 0.29) is 0 Å². The van der Waals surface area contributed by atoms with E-state index in [4.69, 9.17) is 14.0 Å². The second-order valence-corrected chi connectivity index (χ2v) is 4.38. The summed E-state index contributed by atoms with van der Waals surface area (Å²) in [4.78, 5) is 4.27. The fraction of sp³-hybridized carbons (Fsp3) is 0.429. The molecule has 1 atom stereocenters. The summed E-state index contributed by atoms with van der Waals surface area (Å²) in [5.74, 6) is 2.16. The normalized spacial score (nSPS) is 12.2. The van der Waals surface area contributed by atoms with Crippen LogP contribution in [0.2, 0.25) is 0 Å². The molecule has 0 saturated carbocycles. The summed E-state index contributed by atoms with van der Waals surface area (Å²) in [6.45, 7) is 1.90. The molecule has 1 unspecified atom stereocenters. The van der Waals surface area contributed by atoms with Gasteiger partial charge in [-0.25, -0.2) is 0 Å². The van der Waals surface area contributed by atoms with Gasteiger partial charge in [-0.05, 0) is 18.6 Å². The van der Waals surface area contributed by atoms with Crippen molar-refractivity contribution in [3.63, 3.8) is 0 Å². The Labute approximate surface area is 117 Å². The minimum Gasteiger partial charge on any atom is -0.497 e. The van der Waals surface area contributed by atoms with Crippen LogP contribution in [0.5, 0.6) is 11.5 Å². The summed E-state index contributed by atoms with van der Waals surface area (Å²) in [6, 6.07) is 5.37. The van der Waals surface area contributed by atoms with Crippen molar-refractivity contribution in [2.75, 3.05) is 14.2 Å². The molecule has 0 aliphatic carbocycles. The highest BCUT2D eigenvalue weighted by Gasteiger charge is 2.13. The lowest BCUT2D eigenvalue weighted by Crippen LogP contribution is -2.08. The lowest BCUT2D eigenvalue weighted by Gasteiger charge is -2.05. The van der Waals surface area contributed by atoms with Gasteiger partial charge in [0.05, 0.1) is 26.7 Å². The summed E-state index contributed by atoms with van der Waals surface area (Å²) >= 11 is 0. The number of methoxy groups -OCH3 is 2. The molecule has 2 aromatic rings. The average molecular weight is 278 g/mol. The zero-order chi connectivity index (χ0) is 14.5. The summed E-state index contributed by atoms with van der Waals surface area (Å²) in [6.07, 6.45) is 0.526. The van der Waals surface area contributed by atoms with E-state index in [1.54, 1.807) is 32.4 Å². The largest absolute Gasteiger partial charge is 0.497 e. The van der Waals surface area contributed by atoms with Gasteiger partial charge in [0.25, 0.3) is 0 Å². The van der Waals surface area contributed by atoms with Crippen LogP contribution in [0, 0.1) is 0 Å². The molecule has 108 valence electrons. The maximum absolute atomic E-state index is 9.59. The summed E-state index contributed by atoms with van der Waals surface area (Å²) in [5, 5.41) is 13.5. The van der Waals surface area contributed by atoms with Gasteiger partial charge in [-0.15, -0.1) is 0 Å². The molecule has 6 heteroatoms. The van der Waals surface area contributed by atoms with Gasteiger partial charge in [-0.2, -0.15) is 4.98 Å². The molecule has 0 radical (unpaired) electrons. The minimum atomic E-state index is -0.469. The molecule has 0 aliphatic rings. The minimum absolute atomic E-state index is 0.352. The van der Waals surface area contributed by atoms with E-state index in [0.29, 0.717) is 36.1 Å². The quantitative estimate of drug-likeness (QED) is 0.871. The molecule has 0 bridgehead atoms. The summed E-state index contributed by atoms with van der Waals surface area (Å²) in [5.41, 5.74) is 0.738. The highest BCUT2D eigenvalue weighted by atomic mass is 16.5. The fourth-order valence-electron chi connectivity index (χ4n) is 1.74. The van der Waals surface area contributed by atoms with E-state index in [1.807, 2.05) is 6.92 Å². The Morgan fingerprint density at radius 1 is 1.20 bits per heavy atom. The molecule has 2 rings (SSSR count). The summed E-state index contributed by atoms with van der Waals surface area (Å²) < 4.78 is 15.5. The fourth-order valence-corrected chi connectivity index (χ4v) is 1.74. The van der Waals surface area contributed by atoms with Gasteiger partial charge < -0.3 is 19.1 Å². The summed E-state index contributed by atoms with van der Waals surface area (Å²) in [7, 11) is 3.16. The van der Waals surface area contributed by atoms with Crippen LogP contribution >= 0.6 is 0 Å². The molecule has 1 heterocycles. The Morgan fingerprint density at radius 2 is 1.85 bits per heavy atom. The first-order valence-electron chi connectivity index (χ1n) is 6.40. The molecule has 0 fully saturated rings. The second-order valence-electron chi connectivity index (χ2n) is 4.38. The van der Waals surface area contributed by atoms with Gasteiger partial charge in [0.15, 0.2) is 0 Å². The second kappa shape index (κ2) is 6.38. The Balaban J connectivity index is 2.27. The first-order valence-corrected chi connectivity index (χ1v) is 6.40. The van der Waals surface area contributed by atoms with Crippen LogP contribution < -0.4 is 9.47 Å². The Kier molecular flexibility index (Phi) is 4.57. The van der Waals surface area contributed by atoms with Gasteiger partial charge in [0.2, 0.25) is 11.7 Å². The van der Waals surface area contributed by atoms with Crippen molar-refractivity contribution in [3.8, 4) is 22.9 Å². The average Bonchev–Trinajstić information content (AvgIpc) is 2.94. The topological polar surface area (TPSA) is 77.6 Å². The van der Waals surface area contributed by atoms with Crippen LogP contribution in [0.4, 0.5) is 0 Å². The SMILES string of the molecule is CCC(O)Cc1nc(-c2cc(OC)cc(OC)c2)no1. The zero-order valence-electron chi connectivity index (χ0n) is 11.8. The van der Waals surface area contributed by atoms with E-state index in [0.717, 1.165) is 5.56 Å². The molecule has 0 saturated heterocycles. The number of hydrogen-bond acceptors (Lipinski definition) is 6. The van der Waals surface area contributed by atoms with Crippen LogP contribution in [0.1, 0.15) is 19.2 Å². The Morgan fingerprint density at radius 3 is 2.40 bits per heavy atom. The molecule has 0 amide bonds. The lowest BCUT2D eigenvalue weighted by atomic mass is 10.2. The van der Waals surface area contributed by atoms with Crippen molar-refractivity contribution in [3.05, 3.63) is 24.1 Å². The van der Waals surface area contributed by atoms with Crippen LogP contribution in [0.3, 0.4) is 0 Å². The van der Waals surface area contributed by atoms with Gasteiger partial charge in [0.1, 0.15) is 11.5 Å². The van der Waals surface area contributed by atoms with Crippen molar-refractivity contribution >= 4 is 0 Å². The molecule has 1 aromatic heterocycles. The van der Waals surface area contributed by atoms with Crippen molar-refractivity contribution in [1.82, 2.24) is 10.1 Å². The van der Waals surface area contributed by atoms with Gasteiger partial charge in [-0.1, -0.05) is 12.1 Å². The zero-order valence-corrected chi connectivity index (χ0v) is 11.8. The van der Waals surface area contributed by atoms with Crippen LogP contribution in [-0.2, 0) is 6.42 Å².